The van der Waals surface area contributed by atoms with Gasteiger partial charge in [0.05, 0.1) is 0 Å². The largest absolute Gasteiger partial charge is 0.358 e. The van der Waals surface area contributed by atoms with Gasteiger partial charge >= 0.3 is 0 Å². The van der Waals surface area contributed by atoms with Gasteiger partial charge in [-0.25, -0.2) is 4.39 Å². The van der Waals surface area contributed by atoms with Crippen LogP contribution in [-0.2, 0) is 16.0 Å². The second-order valence-corrected chi connectivity index (χ2v) is 5.02. The minimum atomic E-state index is -0.600. The van der Waals surface area contributed by atoms with Gasteiger partial charge in [-0.1, -0.05) is 0 Å². The van der Waals surface area contributed by atoms with Crippen molar-refractivity contribution in [1.82, 2.24) is 15.6 Å². The van der Waals surface area contributed by atoms with Crippen LogP contribution in [0.2, 0.25) is 0 Å². The zero-order valence-electron chi connectivity index (χ0n) is 10.9. The van der Waals surface area contributed by atoms with Crippen LogP contribution in [-0.4, -0.2) is 28.9 Å². The maximum Gasteiger partial charge on any atom is 0.243 e. The molecule has 0 aliphatic carbocycles. The number of carbonyl (C=O) groups excluding carboxylic acids is 2. The molecule has 2 heterocycles. The predicted octanol–water partition coefficient (Wildman–Crippen LogP) is 0.853. The molecule has 0 bridgehead atoms. The molecule has 2 amide bonds. The van der Waals surface area contributed by atoms with E-state index >= 15 is 0 Å². The van der Waals surface area contributed by atoms with Crippen LogP contribution in [0.5, 0.6) is 0 Å². The van der Waals surface area contributed by atoms with E-state index in [-0.39, 0.29) is 17.6 Å². The van der Waals surface area contributed by atoms with E-state index in [0.717, 1.165) is 16.6 Å². The number of halogens is 1. The quantitative estimate of drug-likeness (QED) is 0.760. The molecule has 3 N–H and O–H groups in total. The van der Waals surface area contributed by atoms with Crippen LogP contribution in [0.4, 0.5) is 4.39 Å². The number of aromatic amines is 1. The Labute approximate surface area is 114 Å². The number of aromatic nitrogens is 1. The molecular formula is C14H14FN3O2. The molecule has 2 atom stereocenters. The first-order valence-corrected chi connectivity index (χ1v) is 6.41. The van der Waals surface area contributed by atoms with Gasteiger partial charge in [0.15, 0.2) is 0 Å². The summed E-state index contributed by atoms with van der Waals surface area (Å²) in [5, 5.41) is 6.04. The lowest BCUT2D eigenvalue weighted by atomic mass is 10.1. The maximum absolute atomic E-state index is 13.1. The van der Waals surface area contributed by atoms with Gasteiger partial charge in [-0.2, -0.15) is 0 Å². The molecule has 2 unspecified atom stereocenters. The van der Waals surface area contributed by atoms with Gasteiger partial charge in [0.1, 0.15) is 17.9 Å². The van der Waals surface area contributed by atoms with E-state index in [4.69, 9.17) is 0 Å². The van der Waals surface area contributed by atoms with Crippen molar-refractivity contribution in [3.8, 4) is 0 Å². The first kappa shape index (κ1) is 12.7. The molecule has 104 valence electrons. The zero-order valence-corrected chi connectivity index (χ0v) is 10.9. The second-order valence-electron chi connectivity index (χ2n) is 5.02. The number of amides is 2. The molecule has 1 aliphatic heterocycles. The summed E-state index contributed by atoms with van der Waals surface area (Å²) in [6.45, 7) is 1.63. The van der Waals surface area contributed by atoms with Crippen molar-refractivity contribution < 1.29 is 14.0 Å². The van der Waals surface area contributed by atoms with Crippen molar-refractivity contribution in [2.75, 3.05) is 0 Å². The highest BCUT2D eigenvalue weighted by molar-refractivity contribution is 5.96. The fourth-order valence-corrected chi connectivity index (χ4v) is 2.38. The van der Waals surface area contributed by atoms with Gasteiger partial charge in [0, 0.05) is 23.0 Å². The monoisotopic (exact) mass is 275 g/mol. The van der Waals surface area contributed by atoms with Crippen LogP contribution in [0.15, 0.2) is 24.3 Å². The van der Waals surface area contributed by atoms with Crippen molar-refractivity contribution in [3.05, 3.63) is 35.8 Å². The van der Waals surface area contributed by atoms with Gasteiger partial charge < -0.3 is 15.6 Å². The average molecular weight is 275 g/mol. The molecule has 20 heavy (non-hydrogen) atoms. The van der Waals surface area contributed by atoms with Crippen LogP contribution in [0.25, 0.3) is 10.9 Å². The van der Waals surface area contributed by atoms with Gasteiger partial charge in [-0.3, -0.25) is 9.59 Å². The Kier molecular flexibility index (Phi) is 2.93. The molecule has 1 aromatic carbocycles. The topological polar surface area (TPSA) is 74.0 Å². The molecule has 2 aromatic rings. The molecule has 1 aromatic heterocycles. The van der Waals surface area contributed by atoms with Crippen LogP contribution in [0, 0.1) is 5.82 Å². The smallest absolute Gasteiger partial charge is 0.243 e. The third-order valence-electron chi connectivity index (χ3n) is 3.45. The van der Waals surface area contributed by atoms with E-state index < -0.39 is 12.1 Å². The Hall–Kier alpha value is -2.37. The Morgan fingerprint density at radius 1 is 1.15 bits per heavy atom. The van der Waals surface area contributed by atoms with E-state index in [0.29, 0.717) is 6.42 Å². The molecule has 0 radical (unpaired) electrons. The van der Waals surface area contributed by atoms with Gasteiger partial charge in [-0.05, 0) is 31.2 Å². The highest BCUT2D eigenvalue weighted by Crippen LogP contribution is 2.18. The number of hydrogen-bond donors (Lipinski definition) is 3. The second kappa shape index (κ2) is 4.63. The number of fused-ring (bicyclic) bond motifs is 1. The number of H-pyrrole nitrogens is 1. The minimum Gasteiger partial charge on any atom is -0.358 e. The molecule has 5 nitrogen and oxygen atoms in total. The highest BCUT2D eigenvalue weighted by atomic mass is 19.1. The van der Waals surface area contributed by atoms with Crippen molar-refractivity contribution in [2.45, 2.75) is 25.4 Å². The first-order valence-electron chi connectivity index (χ1n) is 6.41. The van der Waals surface area contributed by atoms with E-state index in [9.17, 15) is 14.0 Å². The van der Waals surface area contributed by atoms with Gasteiger partial charge in [0.2, 0.25) is 11.8 Å². The summed E-state index contributed by atoms with van der Waals surface area (Å²) in [6.07, 6.45) is 0.348. The van der Waals surface area contributed by atoms with E-state index in [1.54, 1.807) is 19.1 Å². The summed E-state index contributed by atoms with van der Waals surface area (Å²) in [6, 6.07) is 5.13. The zero-order chi connectivity index (χ0) is 14.3. The van der Waals surface area contributed by atoms with Crippen LogP contribution < -0.4 is 10.6 Å². The highest BCUT2D eigenvalue weighted by Gasteiger charge is 2.31. The fourth-order valence-electron chi connectivity index (χ4n) is 2.38. The molecule has 3 rings (SSSR count). The van der Waals surface area contributed by atoms with Crippen molar-refractivity contribution >= 4 is 22.7 Å². The van der Waals surface area contributed by atoms with Crippen LogP contribution >= 0.6 is 0 Å². The lowest BCUT2D eigenvalue weighted by molar-refractivity contribution is -0.136. The number of piperazine rings is 1. The molecular weight excluding hydrogens is 261 g/mol. The fraction of sp³-hybridized carbons (Fsp3) is 0.286. The molecule has 1 fully saturated rings. The lowest BCUT2D eigenvalue weighted by Crippen LogP contribution is -2.61. The van der Waals surface area contributed by atoms with Gasteiger partial charge in [-0.15, -0.1) is 0 Å². The number of hydrogen-bond acceptors (Lipinski definition) is 2. The van der Waals surface area contributed by atoms with E-state index in [2.05, 4.69) is 15.6 Å². The third kappa shape index (κ3) is 2.24. The van der Waals surface area contributed by atoms with Crippen molar-refractivity contribution in [2.24, 2.45) is 0 Å². The summed E-state index contributed by atoms with van der Waals surface area (Å²) >= 11 is 0. The van der Waals surface area contributed by atoms with E-state index in [1.165, 1.54) is 12.1 Å². The lowest BCUT2D eigenvalue weighted by Gasteiger charge is -2.27. The number of rotatable bonds is 2. The van der Waals surface area contributed by atoms with Gasteiger partial charge in [0.25, 0.3) is 0 Å². The Morgan fingerprint density at radius 3 is 2.75 bits per heavy atom. The molecule has 1 saturated heterocycles. The maximum atomic E-state index is 13.1. The average Bonchev–Trinajstić information content (AvgIpc) is 2.77. The standard InChI is InChI=1S/C14H14FN3O2/c1-7-13(19)18-12(14(20)16-7)6-10-5-8-4-9(15)2-3-11(8)17-10/h2-5,7,12,17H,6H2,1H3,(H,16,20)(H,18,19). The van der Waals surface area contributed by atoms with Crippen molar-refractivity contribution in [1.29, 1.82) is 0 Å². The SMILES string of the molecule is CC1NC(=O)C(Cc2cc3cc(F)ccc3[nH]2)NC1=O. The minimum absolute atomic E-state index is 0.197. The summed E-state index contributed by atoms with van der Waals surface area (Å²) in [7, 11) is 0. The van der Waals surface area contributed by atoms with Crippen LogP contribution in [0.3, 0.4) is 0 Å². The predicted molar refractivity (Wildman–Crippen MR) is 71.5 cm³/mol. The third-order valence-corrected chi connectivity index (χ3v) is 3.45. The normalized spacial score (nSPS) is 22.7. The Balaban J connectivity index is 1.82. The van der Waals surface area contributed by atoms with Crippen LogP contribution in [0.1, 0.15) is 12.6 Å². The molecule has 0 saturated carbocycles. The Morgan fingerprint density at radius 2 is 1.95 bits per heavy atom. The summed E-state index contributed by atoms with van der Waals surface area (Å²) in [5.41, 5.74) is 1.58. The summed E-state index contributed by atoms with van der Waals surface area (Å²) in [5.74, 6) is -0.709. The molecule has 0 spiro atoms. The number of benzene rings is 1. The Bertz CT molecular complexity index is 695. The number of nitrogens with one attached hydrogen (secondary N) is 3. The molecule has 6 heteroatoms. The molecule has 1 aliphatic rings. The summed E-state index contributed by atoms with van der Waals surface area (Å²) in [4.78, 5) is 26.5. The van der Waals surface area contributed by atoms with E-state index in [1.807, 2.05) is 0 Å². The first-order chi connectivity index (χ1) is 9.52. The van der Waals surface area contributed by atoms with Crippen molar-refractivity contribution in [3.63, 3.8) is 0 Å². The number of carbonyl (C=O) groups is 2. The summed E-state index contributed by atoms with van der Waals surface area (Å²) < 4.78 is 13.1.